The Balaban J connectivity index is 2.11. The number of likely N-dealkylation sites (N-methyl/N-ethyl adjacent to an activating group) is 2. The Morgan fingerprint density at radius 3 is 2.35 bits per heavy atom. The number of carbonyl (C=O) groups excluding carboxylic acids is 2. The van der Waals surface area contributed by atoms with Gasteiger partial charge in [0.15, 0.2) is 0 Å². The van der Waals surface area contributed by atoms with Crippen molar-refractivity contribution in [2.75, 3.05) is 34.2 Å². The quantitative estimate of drug-likeness (QED) is 0.685. The highest BCUT2D eigenvalue weighted by Gasteiger charge is 2.60. The van der Waals surface area contributed by atoms with Crippen LogP contribution in [-0.4, -0.2) is 79.0 Å². The molecule has 0 unspecified atom stereocenters. The van der Waals surface area contributed by atoms with E-state index in [9.17, 15) is 22.8 Å². The lowest BCUT2D eigenvalue weighted by Gasteiger charge is -2.38. The summed E-state index contributed by atoms with van der Waals surface area (Å²) >= 11 is 0. The number of amides is 2. The zero-order valence-electron chi connectivity index (χ0n) is 16.1. The van der Waals surface area contributed by atoms with Crippen molar-refractivity contribution < 1.29 is 22.8 Å². The van der Waals surface area contributed by atoms with Gasteiger partial charge >= 0.3 is 6.18 Å². The van der Waals surface area contributed by atoms with Crippen molar-refractivity contribution >= 4 is 11.8 Å². The Labute approximate surface area is 153 Å². The molecule has 0 aromatic rings. The number of nitrogens with zero attached hydrogens (tertiary/aromatic N) is 3. The highest BCUT2D eigenvalue weighted by atomic mass is 19.4. The van der Waals surface area contributed by atoms with Crippen molar-refractivity contribution in [3.05, 3.63) is 0 Å². The molecule has 0 spiro atoms. The number of alkyl halides is 3. The van der Waals surface area contributed by atoms with Gasteiger partial charge in [-0.15, -0.1) is 0 Å². The van der Waals surface area contributed by atoms with Crippen LogP contribution in [-0.2, 0) is 9.59 Å². The van der Waals surface area contributed by atoms with Crippen molar-refractivity contribution in [2.24, 2.45) is 5.41 Å². The van der Waals surface area contributed by atoms with Gasteiger partial charge in [-0.2, -0.15) is 13.2 Å². The maximum atomic E-state index is 13.2. The van der Waals surface area contributed by atoms with Gasteiger partial charge in [0.05, 0.1) is 11.8 Å². The molecule has 8 heteroatoms. The molecule has 0 N–H and O–H groups in total. The normalized spacial score (nSPS) is 28.1. The molecule has 0 aromatic heterocycles. The summed E-state index contributed by atoms with van der Waals surface area (Å²) in [4.78, 5) is 30.9. The number of hydrogen-bond acceptors (Lipinski definition) is 3. The molecule has 2 bridgehead atoms. The standard InChI is InChI=1S/C18H30F3N3O2/c1-5-17(16(26)23(4)11-10-22(2)3)12-13-6-7-14(17)24(13)15(25)8-9-18(19,20)21/h13-14H,5-12H2,1-4H3/t13-,14+,17+/m0/s1. The smallest absolute Gasteiger partial charge is 0.344 e. The Morgan fingerprint density at radius 1 is 1.15 bits per heavy atom. The fraction of sp³-hybridized carbons (Fsp3) is 0.889. The first kappa shape index (κ1) is 21.0. The van der Waals surface area contributed by atoms with E-state index in [1.807, 2.05) is 25.9 Å². The first-order chi connectivity index (χ1) is 12.0. The summed E-state index contributed by atoms with van der Waals surface area (Å²) in [5.74, 6) is -0.448. The predicted molar refractivity (Wildman–Crippen MR) is 92.5 cm³/mol. The van der Waals surface area contributed by atoms with Crippen LogP contribution < -0.4 is 0 Å². The maximum Gasteiger partial charge on any atom is 0.389 e. The van der Waals surface area contributed by atoms with Crippen LogP contribution in [0.3, 0.4) is 0 Å². The highest BCUT2D eigenvalue weighted by Crippen LogP contribution is 2.53. The van der Waals surface area contributed by atoms with Gasteiger partial charge < -0.3 is 14.7 Å². The Kier molecular flexibility index (Phi) is 6.25. The number of halogens is 3. The van der Waals surface area contributed by atoms with Crippen LogP contribution in [0.15, 0.2) is 0 Å². The van der Waals surface area contributed by atoms with Gasteiger partial charge in [0.1, 0.15) is 0 Å². The first-order valence-electron chi connectivity index (χ1n) is 9.30. The number of hydrogen-bond donors (Lipinski definition) is 0. The Bertz CT molecular complexity index is 538. The van der Waals surface area contributed by atoms with E-state index in [0.29, 0.717) is 25.8 Å². The van der Waals surface area contributed by atoms with Crippen LogP contribution in [0, 0.1) is 5.41 Å². The van der Waals surface area contributed by atoms with Gasteiger partial charge in [-0.05, 0) is 39.8 Å². The average molecular weight is 377 g/mol. The molecular formula is C18H30F3N3O2. The number of carbonyl (C=O) groups is 2. The lowest BCUT2D eigenvalue weighted by atomic mass is 9.71. The minimum Gasteiger partial charge on any atom is -0.344 e. The molecule has 0 aliphatic carbocycles. The third-order valence-electron chi connectivity index (χ3n) is 5.94. The zero-order valence-corrected chi connectivity index (χ0v) is 16.1. The van der Waals surface area contributed by atoms with Crippen LogP contribution in [0.1, 0.15) is 45.4 Å². The van der Waals surface area contributed by atoms with Gasteiger partial charge in [-0.25, -0.2) is 0 Å². The Hall–Kier alpha value is -1.31. The molecule has 2 saturated heterocycles. The molecule has 150 valence electrons. The van der Waals surface area contributed by atoms with E-state index in [4.69, 9.17) is 0 Å². The molecule has 2 fully saturated rings. The highest BCUT2D eigenvalue weighted by molar-refractivity contribution is 5.87. The molecule has 2 rings (SSSR count). The van der Waals surface area contributed by atoms with Gasteiger partial charge in [0.2, 0.25) is 11.8 Å². The summed E-state index contributed by atoms with van der Waals surface area (Å²) in [7, 11) is 5.64. The largest absolute Gasteiger partial charge is 0.389 e. The molecule has 0 saturated carbocycles. The number of rotatable bonds is 7. The molecule has 0 aromatic carbocycles. The minimum absolute atomic E-state index is 0.0164. The molecule has 2 aliphatic rings. The first-order valence-corrected chi connectivity index (χ1v) is 9.30. The van der Waals surface area contributed by atoms with E-state index in [-0.39, 0.29) is 18.0 Å². The molecule has 2 aliphatic heterocycles. The van der Waals surface area contributed by atoms with Crippen molar-refractivity contribution in [2.45, 2.75) is 63.7 Å². The second kappa shape index (κ2) is 7.74. The fourth-order valence-electron chi connectivity index (χ4n) is 4.53. The molecule has 2 amide bonds. The average Bonchev–Trinajstić information content (AvgIpc) is 3.12. The monoisotopic (exact) mass is 377 g/mol. The van der Waals surface area contributed by atoms with Gasteiger partial charge in [0.25, 0.3) is 0 Å². The van der Waals surface area contributed by atoms with Crippen molar-refractivity contribution in [3.8, 4) is 0 Å². The van der Waals surface area contributed by atoms with Gasteiger partial charge in [-0.1, -0.05) is 6.92 Å². The van der Waals surface area contributed by atoms with E-state index in [0.717, 1.165) is 13.0 Å². The lowest BCUT2D eigenvalue weighted by molar-refractivity contribution is -0.151. The molecule has 3 atom stereocenters. The van der Waals surface area contributed by atoms with Crippen LogP contribution >= 0.6 is 0 Å². The number of fused-ring (bicyclic) bond motifs is 2. The van der Waals surface area contributed by atoms with E-state index < -0.39 is 30.3 Å². The van der Waals surface area contributed by atoms with Crippen LogP contribution in [0.2, 0.25) is 0 Å². The summed E-state index contributed by atoms with van der Waals surface area (Å²) < 4.78 is 37.4. The van der Waals surface area contributed by atoms with Crippen molar-refractivity contribution in [1.29, 1.82) is 0 Å². The summed E-state index contributed by atoms with van der Waals surface area (Å²) in [5.41, 5.74) is -0.655. The third kappa shape index (κ3) is 4.15. The van der Waals surface area contributed by atoms with Crippen molar-refractivity contribution in [1.82, 2.24) is 14.7 Å². The van der Waals surface area contributed by atoms with E-state index in [1.54, 1.807) is 16.8 Å². The van der Waals surface area contributed by atoms with E-state index in [2.05, 4.69) is 0 Å². The third-order valence-corrected chi connectivity index (χ3v) is 5.94. The van der Waals surface area contributed by atoms with E-state index in [1.165, 1.54) is 0 Å². The van der Waals surface area contributed by atoms with Crippen LogP contribution in [0.5, 0.6) is 0 Å². The molecular weight excluding hydrogens is 347 g/mol. The SMILES string of the molecule is CC[C@@]1(C(=O)N(C)CCN(C)C)C[C@@H]2CC[C@H]1N2C(=O)CCC(F)(F)F. The summed E-state index contributed by atoms with van der Waals surface area (Å²) in [5, 5.41) is 0. The molecule has 26 heavy (non-hydrogen) atoms. The molecule has 5 nitrogen and oxygen atoms in total. The molecule has 2 heterocycles. The van der Waals surface area contributed by atoms with Gasteiger partial charge in [-0.3, -0.25) is 9.59 Å². The fourth-order valence-corrected chi connectivity index (χ4v) is 4.53. The second-order valence-corrected chi connectivity index (χ2v) is 7.91. The second-order valence-electron chi connectivity index (χ2n) is 7.91. The lowest BCUT2D eigenvalue weighted by Crippen LogP contribution is -2.51. The summed E-state index contributed by atoms with van der Waals surface area (Å²) in [6.45, 7) is 3.27. The summed E-state index contributed by atoms with van der Waals surface area (Å²) in [6.07, 6.45) is -3.32. The Morgan fingerprint density at radius 2 is 1.81 bits per heavy atom. The summed E-state index contributed by atoms with van der Waals surface area (Å²) in [6, 6.07) is -0.376. The van der Waals surface area contributed by atoms with Gasteiger partial charge in [0, 0.05) is 38.6 Å². The zero-order chi connectivity index (χ0) is 19.7. The predicted octanol–water partition coefficient (Wildman–Crippen LogP) is 2.51. The van der Waals surface area contributed by atoms with Crippen molar-refractivity contribution in [3.63, 3.8) is 0 Å². The van der Waals surface area contributed by atoms with Crippen LogP contribution in [0.25, 0.3) is 0 Å². The van der Waals surface area contributed by atoms with Crippen LogP contribution in [0.4, 0.5) is 13.2 Å². The topological polar surface area (TPSA) is 43.9 Å². The van der Waals surface area contributed by atoms with E-state index >= 15 is 0 Å². The minimum atomic E-state index is -4.33. The molecule has 0 radical (unpaired) electrons. The maximum absolute atomic E-state index is 13.2.